The summed E-state index contributed by atoms with van der Waals surface area (Å²) < 4.78 is 0. The molecule has 1 fully saturated rings. The van der Waals surface area contributed by atoms with Gasteiger partial charge in [-0.1, -0.05) is 27.7 Å². The van der Waals surface area contributed by atoms with Crippen LogP contribution in [0.2, 0.25) is 0 Å². The molecule has 0 aromatic rings. The van der Waals surface area contributed by atoms with E-state index in [-0.39, 0.29) is 0 Å². The van der Waals surface area contributed by atoms with Crippen molar-refractivity contribution in [1.82, 2.24) is 5.32 Å². The zero-order chi connectivity index (χ0) is 8.48. The zero-order valence-corrected chi connectivity index (χ0v) is 8.28. The number of rotatable bonds is 3. The highest BCUT2D eigenvalue weighted by Crippen LogP contribution is 2.37. The normalized spacial score (nSPS) is 22.4. The average Bonchev–Trinajstić information content (AvgIpc) is 1.77. The number of nitrogens with one attached hydrogen (secondary N) is 1. The van der Waals surface area contributed by atoms with Crippen LogP contribution < -0.4 is 5.32 Å². The third kappa shape index (κ3) is 1.76. The van der Waals surface area contributed by atoms with E-state index in [0.717, 1.165) is 11.8 Å². The highest BCUT2D eigenvalue weighted by atomic mass is 15.0. The molecule has 0 saturated carbocycles. The molecule has 1 rings (SSSR count). The highest BCUT2D eigenvalue weighted by molar-refractivity contribution is 4.94. The molecule has 66 valence electrons. The predicted octanol–water partition coefficient (Wildman–Crippen LogP) is 2.28. The molecule has 1 heteroatoms. The Kier molecular flexibility index (Phi) is 2.58. The first-order chi connectivity index (χ1) is 5.07. The Hall–Kier alpha value is -0.0400. The molecular weight excluding hydrogens is 134 g/mol. The Morgan fingerprint density at radius 1 is 1.18 bits per heavy atom. The standard InChI is InChI=1S/C10H21N/c1-8(2)5-10(9(3)4)6-11-7-10/h8-9,11H,5-7H2,1-4H3. The predicted molar refractivity (Wildman–Crippen MR) is 49.6 cm³/mol. The second-order valence-corrected chi connectivity index (χ2v) is 4.72. The highest BCUT2D eigenvalue weighted by Gasteiger charge is 2.39. The second kappa shape index (κ2) is 3.14. The molecule has 1 N–H and O–H groups in total. The lowest BCUT2D eigenvalue weighted by Gasteiger charge is -2.47. The summed E-state index contributed by atoms with van der Waals surface area (Å²) in [5.41, 5.74) is 0.633. The molecule has 0 atom stereocenters. The first kappa shape index (κ1) is 9.05. The van der Waals surface area contributed by atoms with Gasteiger partial charge in [0.2, 0.25) is 0 Å². The van der Waals surface area contributed by atoms with Crippen LogP contribution in [0.15, 0.2) is 0 Å². The van der Waals surface area contributed by atoms with Crippen LogP contribution >= 0.6 is 0 Å². The molecule has 0 aromatic heterocycles. The fraction of sp³-hybridized carbons (Fsp3) is 1.00. The summed E-state index contributed by atoms with van der Waals surface area (Å²) in [6.07, 6.45) is 1.39. The average molecular weight is 155 g/mol. The molecular formula is C10H21N. The summed E-state index contributed by atoms with van der Waals surface area (Å²) in [5.74, 6) is 1.69. The van der Waals surface area contributed by atoms with Gasteiger partial charge in [0.25, 0.3) is 0 Å². The molecule has 0 spiro atoms. The van der Waals surface area contributed by atoms with Gasteiger partial charge in [-0.3, -0.25) is 0 Å². The molecule has 0 aliphatic carbocycles. The number of hydrogen-bond acceptors (Lipinski definition) is 1. The molecule has 1 heterocycles. The van der Waals surface area contributed by atoms with Crippen LogP contribution in [-0.4, -0.2) is 13.1 Å². The van der Waals surface area contributed by atoms with Crippen LogP contribution in [0.25, 0.3) is 0 Å². The Bertz CT molecular complexity index is 123. The van der Waals surface area contributed by atoms with E-state index in [0.29, 0.717) is 5.41 Å². The van der Waals surface area contributed by atoms with Gasteiger partial charge in [0.1, 0.15) is 0 Å². The smallest absolute Gasteiger partial charge is 0.00228 e. The summed E-state index contributed by atoms with van der Waals surface area (Å²) in [7, 11) is 0. The van der Waals surface area contributed by atoms with E-state index in [1.165, 1.54) is 19.5 Å². The van der Waals surface area contributed by atoms with Crippen molar-refractivity contribution < 1.29 is 0 Å². The van der Waals surface area contributed by atoms with Crippen molar-refractivity contribution in [2.24, 2.45) is 17.3 Å². The van der Waals surface area contributed by atoms with Crippen LogP contribution in [0, 0.1) is 17.3 Å². The van der Waals surface area contributed by atoms with E-state index in [4.69, 9.17) is 0 Å². The summed E-state index contributed by atoms with van der Waals surface area (Å²) in [6.45, 7) is 11.8. The van der Waals surface area contributed by atoms with Gasteiger partial charge in [0.05, 0.1) is 0 Å². The van der Waals surface area contributed by atoms with Crippen molar-refractivity contribution in [3.8, 4) is 0 Å². The zero-order valence-electron chi connectivity index (χ0n) is 8.28. The van der Waals surface area contributed by atoms with Gasteiger partial charge in [0.15, 0.2) is 0 Å². The van der Waals surface area contributed by atoms with Gasteiger partial charge in [0, 0.05) is 13.1 Å². The Morgan fingerprint density at radius 2 is 1.73 bits per heavy atom. The largest absolute Gasteiger partial charge is 0.316 e. The van der Waals surface area contributed by atoms with Crippen molar-refractivity contribution in [1.29, 1.82) is 0 Å². The molecule has 0 radical (unpaired) electrons. The minimum absolute atomic E-state index is 0.633. The van der Waals surface area contributed by atoms with Gasteiger partial charge >= 0.3 is 0 Å². The van der Waals surface area contributed by atoms with Crippen molar-refractivity contribution >= 4 is 0 Å². The van der Waals surface area contributed by atoms with E-state index >= 15 is 0 Å². The fourth-order valence-electron chi connectivity index (χ4n) is 2.05. The van der Waals surface area contributed by atoms with E-state index in [2.05, 4.69) is 33.0 Å². The van der Waals surface area contributed by atoms with E-state index < -0.39 is 0 Å². The first-order valence-electron chi connectivity index (χ1n) is 4.77. The molecule has 0 aromatic carbocycles. The van der Waals surface area contributed by atoms with Gasteiger partial charge < -0.3 is 5.32 Å². The summed E-state index contributed by atoms with van der Waals surface area (Å²) in [6, 6.07) is 0. The van der Waals surface area contributed by atoms with Crippen LogP contribution in [-0.2, 0) is 0 Å². The summed E-state index contributed by atoms with van der Waals surface area (Å²) >= 11 is 0. The van der Waals surface area contributed by atoms with Crippen molar-refractivity contribution in [3.05, 3.63) is 0 Å². The van der Waals surface area contributed by atoms with E-state index in [9.17, 15) is 0 Å². The molecule has 11 heavy (non-hydrogen) atoms. The molecule has 1 aliphatic heterocycles. The van der Waals surface area contributed by atoms with Gasteiger partial charge in [-0.05, 0) is 23.7 Å². The third-order valence-corrected chi connectivity index (χ3v) is 2.99. The molecule has 1 aliphatic rings. The molecule has 0 amide bonds. The maximum absolute atomic E-state index is 3.39. The quantitative estimate of drug-likeness (QED) is 0.659. The maximum Gasteiger partial charge on any atom is 0.00228 e. The molecule has 0 bridgehead atoms. The Labute approximate surface area is 70.6 Å². The minimum atomic E-state index is 0.633. The van der Waals surface area contributed by atoms with Crippen molar-refractivity contribution in [2.75, 3.05) is 13.1 Å². The minimum Gasteiger partial charge on any atom is -0.316 e. The maximum atomic E-state index is 3.39. The lowest BCUT2D eigenvalue weighted by Crippen LogP contribution is -2.56. The molecule has 1 saturated heterocycles. The van der Waals surface area contributed by atoms with Crippen LogP contribution in [0.5, 0.6) is 0 Å². The second-order valence-electron chi connectivity index (χ2n) is 4.72. The first-order valence-corrected chi connectivity index (χ1v) is 4.77. The van der Waals surface area contributed by atoms with E-state index in [1.807, 2.05) is 0 Å². The Morgan fingerprint density at radius 3 is 1.82 bits per heavy atom. The SMILES string of the molecule is CC(C)CC1(C(C)C)CNC1. The lowest BCUT2D eigenvalue weighted by molar-refractivity contribution is 0.0710. The lowest BCUT2D eigenvalue weighted by atomic mass is 9.67. The van der Waals surface area contributed by atoms with Gasteiger partial charge in [-0.15, -0.1) is 0 Å². The Balaban J connectivity index is 2.47. The monoisotopic (exact) mass is 155 g/mol. The summed E-state index contributed by atoms with van der Waals surface area (Å²) in [4.78, 5) is 0. The molecule has 1 nitrogen and oxygen atoms in total. The van der Waals surface area contributed by atoms with Crippen LogP contribution in [0.3, 0.4) is 0 Å². The topological polar surface area (TPSA) is 12.0 Å². The molecule has 0 unspecified atom stereocenters. The van der Waals surface area contributed by atoms with E-state index in [1.54, 1.807) is 0 Å². The van der Waals surface area contributed by atoms with Gasteiger partial charge in [-0.2, -0.15) is 0 Å². The van der Waals surface area contributed by atoms with Gasteiger partial charge in [-0.25, -0.2) is 0 Å². The number of hydrogen-bond donors (Lipinski definition) is 1. The third-order valence-electron chi connectivity index (χ3n) is 2.99. The van der Waals surface area contributed by atoms with Crippen LogP contribution in [0.4, 0.5) is 0 Å². The fourth-order valence-corrected chi connectivity index (χ4v) is 2.05. The summed E-state index contributed by atoms with van der Waals surface area (Å²) in [5, 5.41) is 3.39. The van der Waals surface area contributed by atoms with Crippen molar-refractivity contribution in [2.45, 2.75) is 34.1 Å². The van der Waals surface area contributed by atoms with Crippen LogP contribution in [0.1, 0.15) is 34.1 Å². The van der Waals surface area contributed by atoms with Crippen molar-refractivity contribution in [3.63, 3.8) is 0 Å².